The monoisotopic (exact) mass is 267 g/mol. The second-order valence-electron chi connectivity index (χ2n) is 4.44. The molecule has 1 N–H and O–H groups in total. The Bertz CT molecular complexity index is 397. The molecule has 0 aromatic heterocycles. The number of rotatable bonds is 6. The molecule has 0 radical (unpaired) electrons. The van der Waals surface area contributed by atoms with E-state index in [2.05, 4.69) is 5.48 Å². The summed E-state index contributed by atoms with van der Waals surface area (Å²) in [4.78, 5) is 5.31. The highest BCUT2D eigenvalue weighted by atomic mass is 16.7. The van der Waals surface area contributed by atoms with Crippen molar-refractivity contribution in [1.29, 1.82) is 0 Å². The summed E-state index contributed by atoms with van der Waals surface area (Å²) >= 11 is 0. The molecule has 0 aliphatic carbocycles. The van der Waals surface area contributed by atoms with Gasteiger partial charge in [-0.15, -0.1) is 0 Å². The molecule has 0 saturated carbocycles. The molecule has 0 bridgehead atoms. The van der Waals surface area contributed by atoms with Gasteiger partial charge in [0.15, 0.2) is 11.5 Å². The second-order valence-corrected chi connectivity index (χ2v) is 4.44. The maximum Gasteiger partial charge on any atom is 0.161 e. The fraction of sp³-hybridized carbons (Fsp3) is 0.571. The summed E-state index contributed by atoms with van der Waals surface area (Å²) in [6, 6.07) is 6.04. The van der Waals surface area contributed by atoms with Gasteiger partial charge in [0.2, 0.25) is 0 Å². The zero-order valence-electron chi connectivity index (χ0n) is 11.5. The summed E-state index contributed by atoms with van der Waals surface area (Å²) in [5.41, 5.74) is 4.08. The number of fused-ring (bicyclic) bond motifs is 1. The lowest BCUT2D eigenvalue weighted by Crippen LogP contribution is -2.21. The fourth-order valence-electron chi connectivity index (χ4n) is 1.83. The van der Waals surface area contributed by atoms with Crippen molar-refractivity contribution in [1.82, 2.24) is 5.48 Å². The fourth-order valence-corrected chi connectivity index (χ4v) is 1.83. The van der Waals surface area contributed by atoms with Gasteiger partial charge in [-0.3, -0.25) is 4.84 Å². The Labute approximate surface area is 113 Å². The number of hydrogen-bond acceptors (Lipinski definition) is 5. The van der Waals surface area contributed by atoms with E-state index in [0.717, 1.165) is 23.5 Å². The number of nitrogens with one attached hydrogen (secondary N) is 1. The molecular weight excluding hydrogens is 246 g/mol. The van der Waals surface area contributed by atoms with Gasteiger partial charge in [-0.1, -0.05) is 6.07 Å². The van der Waals surface area contributed by atoms with E-state index in [1.807, 2.05) is 25.1 Å². The van der Waals surface area contributed by atoms with Gasteiger partial charge in [0.1, 0.15) is 0 Å². The number of ether oxygens (including phenoxy) is 3. The van der Waals surface area contributed by atoms with Crippen LogP contribution in [-0.2, 0) is 9.57 Å². The molecule has 1 aromatic carbocycles. The summed E-state index contributed by atoms with van der Waals surface area (Å²) in [6.07, 6.45) is 0.915. The highest BCUT2D eigenvalue weighted by molar-refractivity contribution is 5.44. The van der Waals surface area contributed by atoms with Crippen molar-refractivity contribution in [2.75, 3.05) is 33.5 Å². The van der Waals surface area contributed by atoms with Crippen LogP contribution in [0.1, 0.15) is 24.9 Å². The van der Waals surface area contributed by atoms with Crippen LogP contribution in [0.4, 0.5) is 0 Å². The molecular formula is C14H21NO4. The van der Waals surface area contributed by atoms with Crippen LogP contribution < -0.4 is 15.0 Å². The lowest BCUT2D eigenvalue weighted by atomic mass is 10.1. The van der Waals surface area contributed by atoms with Crippen LogP contribution >= 0.6 is 0 Å². The average Bonchev–Trinajstić information content (AvgIpc) is 2.67. The normalized spacial score (nSPS) is 15.9. The van der Waals surface area contributed by atoms with Crippen molar-refractivity contribution in [2.24, 2.45) is 0 Å². The minimum atomic E-state index is 0.0778. The van der Waals surface area contributed by atoms with Gasteiger partial charge in [0.25, 0.3) is 0 Å². The highest BCUT2D eigenvalue weighted by Crippen LogP contribution is 2.32. The largest absolute Gasteiger partial charge is 0.490 e. The zero-order chi connectivity index (χ0) is 13.5. The minimum Gasteiger partial charge on any atom is -0.490 e. The van der Waals surface area contributed by atoms with Crippen molar-refractivity contribution in [3.05, 3.63) is 23.8 Å². The molecule has 1 aliphatic rings. The first-order valence-corrected chi connectivity index (χ1v) is 6.57. The predicted molar refractivity (Wildman–Crippen MR) is 71.4 cm³/mol. The third kappa shape index (κ3) is 4.09. The summed E-state index contributed by atoms with van der Waals surface area (Å²) in [7, 11) is 1.65. The molecule has 0 amide bonds. The van der Waals surface area contributed by atoms with E-state index >= 15 is 0 Å². The molecule has 1 aliphatic heterocycles. The van der Waals surface area contributed by atoms with Crippen molar-refractivity contribution < 1.29 is 19.0 Å². The SMILES string of the molecule is COCCONC(C)c1ccc2c(c1)OCCCO2. The van der Waals surface area contributed by atoms with Crippen LogP contribution in [0.5, 0.6) is 11.5 Å². The molecule has 0 fully saturated rings. The molecule has 2 rings (SSSR count). The lowest BCUT2D eigenvalue weighted by Gasteiger charge is -2.16. The summed E-state index contributed by atoms with van der Waals surface area (Å²) in [5, 5.41) is 0. The Morgan fingerprint density at radius 2 is 2.00 bits per heavy atom. The maximum atomic E-state index is 5.67. The molecule has 1 atom stereocenters. The lowest BCUT2D eigenvalue weighted by molar-refractivity contribution is -0.00928. The Kier molecular flexibility index (Phi) is 5.44. The van der Waals surface area contributed by atoms with Gasteiger partial charge in [-0.25, -0.2) is 0 Å². The van der Waals surface area contributed by atoms with Crippen LogP contribution in [-0.4, -0.2) is 33.5 Å². The molecule has 0 saturated heterocycles. The minimum absolute atomic E-state index is 0.0778. The van der Waals surface area contributed by atoms with E-state index in [1.54, 1.807) is 7.11 Å². The molecule has 5 heteroatoms. The maximum absolute atomic E-state index is 5.67. The molecule has 0 spiro atoms. The first-order chi connectivity index (χ1) is 9.31. The number of hydrogen-bond donors (Lipinski definition) is 1. The highest BCUT2D eigenvalue weighted by Gasteiger charge is 2.13. The van der Waals surface area contributed by atoms with Gasteiger partial charge in [-0.05, 0) is 24.6 Å². The molecule has 19 heavy (non-hydrogen) atoms. The third-order valence-corrected chi connectivity index (χ3v) is 2.92. The van der Waals surface area contributed by atoms with E-state index in [9.17, 15) is 0 Å². The summed E-state index contributed by atoms with van der Waals surface area (Å²) in [6.45, 7) is 4.53. The van der Waals surface area contributed by atoms with Gasteiger partial charge in [0.05, 0.1) is 32.5 Å². The average molecular weight is 267 g/mol. The van der Waals surface area contributed by atoms with Crippen LogP contribution in [0, 0.1) is 0 Å². The smallest absolute Gasteiger partial charge is 0.161 e. The van der Waals surface area contributed by atoms with Crippen LogP contribution in [0.3, 0.4) is 0 Å². The quantitative estimate of drug-likeness (QED) is 0.631. The Hall–Kier alpha value is -1.30. The van der Waals surface area contributed by atoms with Gasteiger partial charge in [0, 0.05) is 13.5 Å². The Morgan fingerprint density at radius 3 is 2.79 bits per heavy atom. The van der Waals surface area contributed by atoms with E-state index < -0.39 is 0 Å². The van der Waals surface area contributed by atoms with Gasteiger partial charge >= 0.3 is 0 Å². The Morgan fingerprint density at radius 1 is 1.21 bits per heavy atom. The predicted octanol–water partition coefficient (Wildman–Crippen LogP) is 2.08. The van der Waals surface area contributed by atoms with Crippen LogP contribution in [0.2, 0.25) is 0 Å². The summed E-state index contributed by atoms with van der Waals surface area (Å²) in [5.74, 6) is 1.62. The first kappa shape index (κ1) is 14.1. The number of hydroxylamine groups is 1. The van der Waals surface area contributed by atoms with Crippen molar-refractivity contribution in [3.63, 3.8) is 0 Å². The van der Waals surface area contributed by atoms with Crippen molar-refractivity contribution in [2.45, 2.75) is 19.4 Å². The third-order valence-electron chi connectivity index (χ3n) is 2.92. The standard InChI is InChI=1S/C14H21NO4/c1-11(15-19-9-8-16-2)12-4-5-13-14(10-12)18-7-3-6-17-13/h4-5,10-11,15H,3,6-9H2,1-2H3. The number of benzene rings is 1. The van der Waals surface area contributed by atoms with E-state index in [1.165, 1.54) is 0 Å². The van der Waals surface area contributed by atoms with E-state index in [0.29, 0.717) is 26.4 Å². The van der Waals surface area contributed by atoms with E-state index in [-0.39, 0.29) is 6.04 Å². The first-order valence-electron chi connectivity index (χ1n) is 6.57. The summed E-state index contributed by atoms with van der Waals surface area (Å²) < 4.78 is 16.2. The van der Waals surface area contributed by atoms with Crippen molar-refractivity contribution >= 4 is 0 Å². The number of methoxy groups -OCH3 is 1. The van der Waals surface area contributed by atoms with E-state index in [4.69, 9.17) is 19.0 Å². The van der Waals surface area contributed by atoms with Crippen molar-refractivity contribution in [3.8, 4) is 11.5 Å². The second kappa shape index (κ2) is 7.33. The molecule has 1 heterocycles. The molecule has 106 valence electrons. The molecule has 1 aromatic rings. The van der Waals surface area contributed by atoms with Gasteiger partial charge < -0.3 is 14.2 Å². The molecule has 1 unspecified atom stereocenters. The Balaban J connectivity index is 1.94. The van der Waals surface area contributed by atoms with Gasteiger partial charge in [-0.2, -0.15) is 5.48 Å². The molecule has 5 nitrogen and oxygen atoms in total. The van der Waals surface area contributed by atoms with Crippen LogP contribution in [0.15, 0.2) is 18.2 Å². The zero-order valence-corrected chi connectivity index (χ0v) is 11.5. The van der Waals surface area contributed by atoms with Crippen LogP contribution in [0.25, 0.3) is 0 Å². The topological polar surface area (TPSA) is 49.0 Å².